The first-order chi connectivity index (χ1) is 7.11. The predicted octanol–water partition coefficient (Wildman–Crippen LogP) is 1.68. The van der Waals surface area contributed by atoms with E-state index in [0.717, 1.165) is 5.69 Å². The van der Waals surface area contributed by atoms with Crippen LogP contribution in [0.5, 0.6) is 0 Å². The molecular formula is C11H15FN2O. The van der Waals surface area contributed by atoms with E-state index in [9.17, 15) is 9.18 Å². The summed E-state index contributed by atoms with van der Waals surface area (Å²) in [6.07, 6.45) is 0. The number of rotatable bonds is 4. The first kappa shape index (κ1) is 11.5. The molecule has 0 aliphatic carbocycles. The van der Waals surface area contributed by atoms with Crippen molar-refractivity contribution in [1.82, 2.24) is 5.32 Å². The average Bonchev–Trinajstić information content (AvgIpc) is 2.18. The van der Waals surface area contributed by atoms with Gasteiger partial charge >= 0.3 is 0 Å². The lowest BCUT2D eigenvalue weighted by Crippen LogP contribution is -2.26. The number of benzene rings is 1. The highest BCUT2D eigenvalue weighted by Gasteiger charge is 2.01. The molecule has 0 radical (unpaired) electrons. The molecule has 1 amide bonds. The summed E-state index contributed by atoms with van der Waals surface area (Å²) in [5, 5.41) is 5.71. The molecule has 0 fully saturated rings. The van der Waals surface area contributed by atoms with Crippen LogP contribution in [0.3, 0.4) is 0 Å². The van der Waals surface area contributed by atoms with Gasteiger partial charge in [0, 0.05) is 31.3 Å². The third kappa shape index (κ3) is 3.58. The van der Waals surface area contributed by atoms with Crippen LogP contribution in [0.25, 0.3) is 0 Å². The van der Waals surface area contributed by atoms with Gasteiger partial charge in [-0.1, -0.05) is 6.07 Å². The molecule has 0 saturated heterocycles. The molecule has 0 aliphatic rings. The molecule has 0 aliphatic heterocycles. The zero-order valence-corrected chi connectivity index (χ0v) is 8.93. The van der Waals surface area contributed by atoms with Crippen molar-refractivity contribution in [2.45, 2.75) is 13.8 Å². The molecule has 0 aromatic heterocycles. The fourth-order valence-electron chi connectivity index (χ4n) is 1.23. The topological polar surface area (TPSA) is 41.1 Å². The van der Waals surface area contributed by atoms with Gasteiger partial charge in [0.25, 0.3) is 0 Å². The first-order valence-electron chi connectivity index (χ1n) is 4.84. The Labute approximate surface area is 88.7 Å². The minimum absolute atomic E-state index is 0.0623. The molecule has 0 saturated carbocycles. The molecule has 1 aromatic rings. The molecule has 0 atom stereocenters. The van der Waals surface area contributed by atoms with Crippen molar-refractivity contribution >= 4 is 11.6 Å². The van der Waals surface area contributed by atoms with Gasteiger partial charge in [-0.25, -0.2) is 4.39 Å². The molecule has 15 heavy (non-hydrogen) atoms. The fraction of sp³-hybridized carbons (Fsp3) is 0.364. The number of carbonyl (C=O) groups is 1. The van der Waals surface area contributed by atoms with Crippen molar-refractivity contribution in [3.63, 3.8) is 0 Å². The summed E-state index contributed by atoms with van der Waals surface area (Å²) in [5.74, 6) is -0.285. The van der Waals surface area contributed by atoms with Crippen LogP contribution in [0.1, 0.15) is 12.5 Å². The SMILES string of the molecule is CC(=O)NCCNc1cccc(F)c1C. The molecule has 0 heterocycles. The molecule has 0 spiro atoms. The Bertz CT molecular complexity index is 352. The first-order valence-corrected chi connectivity index (χ1v) is 4.84. The minimum atomic E-state index is -0.223. The highest BCUT2D eigenvalue weighted by molar-refractivity contribution is 5.72. The summed E-state index contributed by atoms with van der Waals surface area (Å²) in [6.45, 7) is 4.30. The maximum absolute atomic E-state index is 13.1. The Kier molecular flexibility index (Phi) is 4.09. The van der Waals surface area contributed by atoms with E-state index in [-0.39, 0.29) is 11.7 Å². The maximum atomic E-state index is 13.1. The van der Waals surface area contributed by atoms with Crippen molar-refractivity contribution in [2.75, 3.05) is 18.4 Å². The third-order valence-corrected chi connectivity index (χ3v) is 2.08. The Morgan fingerprint density at radius 3 is 2.80 bits per heavy atom. The second kappa shape index (κ2) is 5.34. The summed E-state index contributed by atoms with van der Waals surface area (Å²) < 4.78 is 13.1. The quantitative estimate of drug-likeness (QED) is 0.742. The molecule has 1 aromatic carbocycles. The monoisotopic (exact) mass is 210 g/mol. The Morgan fingerprint density at radius 2 is 2.13 bits per heavy atom. The van der Waals surface area contributed by atoms with Gasteiger partial charge in [0.15, 0.2) is 0 Å². The lowest BCUT2D eigenvalue weighted by Gasteiger charge is -2.09. The molecule has 4 heteroatoms. The van der Waals surface area contributed by atoms with Gasteiger partial charge in [-0.3, -0.25) is 4.79 Å². The molecule has 1 rings (SSSR count). The Balaban J connectivity index is 2.44. The maximum Gasteiger partial charge on any atom is 0.216 e. The van der Waals surface area contributed by atoms with Gasteiger partial charge in [-0.2, -0.15) is 0 Å². The van der Waals surface area contributed by atoms with E-state index in [2.05, 4.69) is 10.6 Å². The van der Waals surface area contributed by atoms with Crippen LogP contribution < -0.4 is 10.6 Å². The number of amides is 1. The van der Waals surface area contributed by atoms with Crippen molar-refractivity contribution in [3.05, 3.63) is 29.6 Å². The van der Waals surface area contributed by atoms with Crippen LogP contribution in [0.15, 0.2) is 18.2 Å². The number of anilines is 1. The van der Waals surface area contributed by atoms with Gasteiger partial charge in [-0.05, 0) is 19.1 Å². The van der Waals surface area contributed by atoms with Gasteiger partial charge in [0.1, 0.15) is 5.82 Å². The number of hydrogen-bond donors (Lipinski definition) is 2. The highest BCUT2D eigenvalue weighted by Crippen LogP contribution is 2.16. The third-order valence-electron chi connectivity index (χ3n) is 2.08. The molecular weight excluding hydrogens is 195 g/mol. The highest BCUT2D eigenvalue weighted by atomic mass is 19.1. The number of hydrogen-bond acceptors (Lipinski definition) is 2. The van der Waals surface area contributed by atoms with Gasteiger partial charge in [-0.15, -0.1) is 0 Å². The summed E-state index contributed by atoms with van der Waals surface area (Å²) in [4.78, 5) is 10.6. The second-order valence-corrected chi connectivity index (χ2v) is 3.32. The summed E-state index contributed by atoms with van der Waals surface area (Å²) in [6, 6.07) is 4.89. The van der Waals surface area contributed by atoms with Crippen LogP contribution in [-0.2, 0) is 4.79 Å². The average molecular weight is 210 g/mol. The molecule has 2 N–H and O–H groups in total. The summed E-state index contributed by atoms with van der Waals surface area (Å²) in [5.41, 5.74) is 1.36. The van der Waals surface area contributed by atoms with E-state index in [0.29, 0.717) is 18.7 Å². The number of nitrogens with one attached hydrogen (secondary N) is 2. The van der Waals surface area contributed by atoms with E-state index in [1.165, 1.54) is 13.0 Å². The van der Waals surface area contributed by atoms with Crippen LogP contribution in [0, 0.1) is 12.7 Å². The molecule has 0 unspecified atom stereocenters. The molecule has 82 valence electrons. The van der Waals surface area contributed by atoms with Crippen molar-refractivity contribution in [3.8, 4) is 0 Å². The van der Waals surface area contributed by atoms with E-state index < -0.39 is 0 Å². The van der Waals surface area contributed by atoms with Crippen LogP contribution in [0.2, 0.25) is 0 Å². The van der Waals surface area contributed by atoms with Gasteiger partial charge in [0.05, 0.1) is 0 Å². The minimum Gasteiger partial charge on any atom is -0.383 e. The standard InChI is InChI=1S/C11H15FN2O/c1-8-10(12)4-3-5-11(8)14-7-6-13-9(2)15/h3-5,14H,6-7H2,1-2H3,(H,13,15). The van der Waals surface area contributed by atoms with Crippen molar-refractivity contribution < 1.29 is 9.18 Å². The van der Waals surface area contributed by atoms with Gasteiger partial charge in [0.2, 0.25) is 5.91 Å². The van der Waals surface area contributed by atoms with Crippen LogP contribution >= 0.6 is 0 Å². The molecule has 0 bridgehead atoms. The Morgan fingerprint density at radius 1 is 1.40 bits per heavy atom. The molecule has 3 nitrogen and oxygen atoms in total. The predicted molar refractivity (Wildman–Crippen MR) is 58.3 cm³/mol. The summed E-state index contributed by atoms with van der Waals surface area (Å²) in [7, 11) is 0. The van der Waals surface area contributed by atoms with E-state index in [4.69, 9.17) is 0 Å². The van der Waals surface area contributed by atoms with Crippen LogP contribution in [-0.4, -0.2) is 19.0 Å². The van der Waals surface area contributed by atoms with Crippen molar-refractivity contribution in [1.29, 1.82) is 0 Å². The van der Waals surface area contributed by atoms with E-state index in [1.807, 2.05) is 6.07 Å². The van der Waals surface area contributed by atoms with Crippen molar-refractivity contribution in [2.24, 2.45) is 0 Å². The van der Waals surface area contributed by atoms with E-state index >= 15 is 0 Å². The van der Waals surface area contributed by atoms with Crippen LogP contribution in [0.4, 0.5) is 10.1 Å². The summed E-state index contributed by atoms with van der Waals surface area (Å²) >= 11 is 0. The second-order valence-electron chi connectivity index (χ2n) is 3.32. The van der Waals surface area contributed by atoms with Gasteiger partial charge < -0.3 is 10.6 Å². The number of carbonyl (C=O) groups excluding carboxylic acids is 1. The zero-order valence-electron chi connectivity index (χ0n) is 8.93. The zero-order chi connectivity index (χ0) is 11.3. The number of halogens is 1. The fourth-order valence-corrected chi connectivity index (χ4v) is 1.23. The smallest absolute Gasteiger partial charge is 0.216 e. The lowest BCUT2D eigenvalue weighted by atomic mass is 10.2. The Hall–Kier alpha value is -1.58. The lowest BCUT2D eigenvalue weighted by molar-refractivity contribution is -0.118. The van der Waals surface area contributed by atoms with E-state index in [1.54, 1.807) is 13.0 Å². The normalized spacial score (nSPS) is 9.80. The largest absolute Gasteiger partial charge is 0.383 e.